The number of hydrogen-bond donors (Lipinski definition) is 1. The Morgan fingerprint density at radius 2 is 1.64 bits per heavy atom. The van der Waals surface area contributed by atoms with Crippen molar-refractivity contribution >= 4 is 21.4 Å². The van der Waals surface area contributed by atoms with Crippen LogP contribution in [-0.2, 0) is 9.84 Å². The number of hydrogen-bond acceptors (Lipinski definition) is 3. The second-order valence-electron chi connectivity index (χ2n) is 5.80. The number of sulfone groups is 1. The van der Waals surface area contributed by atoms with Crippen LogP contribution < -0.4 is 5.73 Å². The molecule has 1 aliphatic rings. The van der Waals surface area contributed by atoms with Crippen molar-refractivity contribution in [1.82, 2.24) is 0 Å². The van der Waals surface area contributed by atoms with Crippen LogP contribution in [0, 0.1) is 12.8 Å². The highest BCUT2D eigenvalue weighted by molar-refractivity contribution is 7.92. The van der Waals surface area contributed by atoms with Crippen molar-refractivity contribution in [3.05, 3.63) is 64.7 Å². The second-order valence-corrected chi connectivity index (χ2v) is 8.34. The normalized spacial score (nSPS) is 24.2. The van der Waals surface area contributed by atoms with Crippen molar-refractivity contribution in [2.24, 2.45) is 11.7 Å². The van der Waals surface area contributed by atoms with Gasteiger partial charge >= 0.3 is 0 Å². The van der Waals surface area contributed by atoms with Gasteiger partial charge in [-0.2, -0.15) is 0 Å². The third kappa shape index (κ3) is 2.67. The Kier molecular flexibility index (Phi) is 4.02. The fourth-order valence-electron chi connectivity index (χ4n) is 3.05. The van der Waals surface area contributed by atoms with Gasteiger partial charge in [-0.1, -0.05) is 41.4 Å². The van der Waals surface area contributed by atoms with Gasteiger partial charge in [-0.15, -0.1) is 0 Å². The Balaban J connectivity index is 1.93. The molecule has 0 spiro atoms. The van der Waals surface area contributed by atoms with E-state index in [4.69, 9.17) is 17.3 Å². The average Bonchev–Trinajstić information content (AvgIpc) is 3.24. The summed E-state index contributed by atoms with van der Waals surface area (Å²) in [4.78, 5) is 0.373. The molecule has 1 aliphatic carbocycles. The van der Waals surface area contributed by atoms with Crippen molar-refractivity contribution < 1.29 is 8.42 Å². The van der Waals surface area contributed by atoms with E-state index in [-0.39, 0.29) is 11.8 Å². The summed E-state index contributed by atoms with van der Waals surface area (Å²) in [6, 6.07) is 14.4. The monoisotopic (exact) mass is 335 g/mol. The Labute approximate surface area is 136 Å². The van der Waals surface area contributed by atoms with Crippen LogP contribution in [0.25, 0.3) is 0 Å². The standard InChI is InChI=1S/C17H18ClNO2S/c1-11-2-8-14(9-3-11)22(20,21)17-15(10-19)16(17)12-4-6-13(18)7-5-12/h2-9,15-17H,10,19H2,1H3/t15-,16+,17+/m0/s1. The van der Waals surface area contributed by atoms with E-state index in [1.54, 1.807) is 24.3 Å². The van der Waals surface area contributed by atoms with E-state index < -0.39 is 15.1 Å². The topological polar surface area (TPSA) is 60.2 Å². The molecule has 2 N–H and O–H groups in total. The van der Waals surface area contributed by atoms with E-state index in [0.29, 0.717) is 16.5 Å². The van der Waals surface area contributed by atoms with E-state index in [2.05, 4.69) is 0 Å². The Morgan fingerprint density at radius 3 is 2.18 bits per heavy atom. The zero-order chi connectivity index (χ0) is 15.9. The lowest BCUT2D eigenvalue weighted by Crippen LogP contribution is -2.13. The van der Waals surface area contributed by atoms with Crippen molar-refractivity contribution in [3.8, 4) is 0 Å². The summed E-state index contributed by atoms with van der Waals surface area (Å²) in [7, 11) is -3.36. The van der Waals surface area contributed by atoms with E-state index in [1.165, 1.54) is 0 Å². The second kappa shape index (κ2) is 5.69. The summed E-state index contributed by atoms with van der Waals surface area (Å²) in [5, 5.41) is 0.202. The number of halogens is 1. The van der Waals surface area contributed by atoms with Crippen molar-refractivity contribution in [1.29, 1.82) is 0 Å². The number of rotatable bonds is 4. The fraction of sp³-hybridized carbons (Fsp3) is 0.294. The Hall–Kier alpha value is -1.36. The van der Waals surface area contributed by atoms with Gasteiger partial charge in [0.15, 0.2) is 9.84 Å². The van der Waals surface area contributed by atoms with E-state index >= 15 is 0 Å². The van der Waals surface area contributed by atoms with Crippen molar-refractivity contribution in [2.45, 2.75) is 23.0 Å². The molecule has 0 unspecified atom stereocenters. The molecule has 0 aromatic heterocycles. The molecule has 5 heteroatoms. The molecule has 3 nitrogen and oxygen atoms in total. The summed E-state index contributed by atoms with van der Waals surface area (Å²) in [5.41, 5.74) is 7.82. The highest BCUT2D eigenvalue weighted by atomic mass is 35.5. The van der Waals surface area contributed by atoms with Gasteiger partial charge < -0.3 is 5.73 Å². The largest absolute Gasteiger partial charge is 0.330 e. The molecule has 1 saturated carbocycles. The average molecular weight is 336 g/mol. The predicted octanol–water partition coefficient (Wildman–Crippen LogP) is 3.16. The lowest BCUT2D eigenvalue weighted by Gasteiger charge is -2.05. The molecule has 0 radical (unpaired) electrons. The Bertz CT molecular complexity index is 769. The molecule has 0 aliphatic heterocycles. The van der Waals surface area contributed by atoms with E-state index in [9.17, 15) is 8.42 Å². The summed E-state index contributed by atoms with van der Waals surface area (Å²) in [6.45, 7) is 2.30. The first-order valence-corrected chi connectivity index (χ1v) is 9.13. The molecule has 2 aromatic rings. The minimum absolute atomic E-state index is 0.0347. The van der Waals surface area contributed by atoms with Gasteiger partial charge in [-0.05, 0) is 49.2 Å². The van der Waals surface area contributed by atoms with Gasteiger partial charge in [0.25, 0.3) is 0 Å². The quantitative estimate of drug-likeness (QED) is 0.933. The van der Waals surface area contributed by atoms with Crippen LogP contribution in [-0.4, -0.2) is 20.2 Å². The highest BCUT2D eigenvalue weighted by Gasteiger charge is 2.57. The maximum absolute atomic E-state index is 12.8. The number of benzene rings is 2. The minimum atomic E-state index is -3.36. The van der Waals surface area contributed by atoms with Crippen LogP contribution in [0.15, 0.2) is 53.4 Å². The molecule has 0 heterocycles. The smallest absolute Gasteiger partial charge is 0.182 e. The molecule has 3 rings (SSSR count). The molecule has 0 amide bonds. The van der Waals surface area contributed by atoms with Gasteiger partial charge in [-0.3, -0.25) is 0 Å². The van der Waals surface area contributed by atoms with Gasteiger partial charge in [0.2, 0.25) is 0 Å². The molecule has 116 valence electrons. The third-order valence-corrected chi connectivity index (χ3v) is 6.87. The Morgan fingerprint density at radius 1 is 1.05 bits per heavy atom. The maximum Gasteiger partial charge on any atom is 0.182 e. The minimum Gasteiger partial charge on any atom is -0.330 e. The lowest BCUT2D eigenvalue weighted by atomic mass is 10.1. The first-order valence-electron chi connectivity index (χ1n) is 7.21. The lowest BCUT2D eigenvalue weighted by molar-refractivity contribution is 0.591. The third-order valence-electron chi connectivity index (χ3n) is 4.33. The van der Waals surface area contributed by atoms with Crippen LogP contribution in [0.4, 0.5) is 0 Å². The molecular weight excluding hydrogens is 318 g/mol. The van der Waals surface area contributed by atoms with Gasteiger partial charge in [-0.25, -0.2) is 8.42 Å². The molecule has 0 bridgehead atoms. The van der Waals surface area contributed by atoms with Crippen molar-refractivity contribution in [2.75, 3.05) is 6.54 Å². The van der Waals surface area contributed by atoms with Crippen LogP contribution >= 0.6 is 11.6 Å². The van der Waals surface area contributed by atoms with Crippen molar-refractivity contribution in [3.63, 3.8) is 0 Å². The zero-order valence-electron chi connectivity index (χ0n) is 12.2. The summed E-state index contributed by atoms with van der Waals surface area (Å²) < 4.78 is 25.7. The number of nitrogens with two attached hydrogens (primary N) is 1. The van der Waals surface area contributed by atoms with E-state index in [1.807, 2.05) is 31.2 Å². The summed E-state index contributed by atoms with van der Waals surface area (Å²) in [5.74, 6) is -0.0824. The van der Waals surface area contributed by atoms with Crippen LogP contribution in [0.2, 0.25) is 5.02 Å². The highest BCUT2D eigenvalue weighted by Crippen LogP contribution is 2.53. The zero-order valence-corrected chi connectivity index (χ0v) is 13.8. The molecule has 22 heavy (non-hydrogen) atoms. The summed E-state index contributed by atoms with van der Waals surface area (Å²) >= 11 is 5.90. The molecule has 1 fully saturated rings. The fourth-order valence-corrected chi connectivity index (χ4v) is 5.40. The molecule has 0 saturated heterocycles. The SMILES string of the molecule is Cc1ccc(S(=O)(=O)[C@@H]2[C@@H](CN)[C@H]2c2ccc(Cl)cc2)cc1. The molecule has 3 atom stereocenters. The van der Waals surface area contributed by atoms with Crippen LogP contribution in [0.5, 0.6) is 0 Å². The summed E-state index contributed by atoms with van der Waals surface area (Å²) in [6.07, 6.45) is 0. The van der Waals surface area contributed by atoms with Gasteiger partial charge in [0.05, 0.1) is 10.1 Å². The predicted molar refractivity (Wildman–Crippen MR) is 88.9 cm³/mol. The first-order chi connectivity index (χ1) is 10.4. The van der Waals surface area contributed by atoms with E-state index in [0.717, 1.165) is 11.1 Å². The maximum atomic E-state index is 12.8. The molecular formula is C17H18ClNO2S. The van der Waals surface area contributed by atoms with Crippen LogP contribution in [0.3, 0.4) is 0 Å². The van der Waals surface area contributed by atoms with Gasteiger partial charge in [0, 0.05) is 10.9 Å². The van der Waals surface area contributed by atoms with Gasteiger partial charge in [0.1, 0.15) is 0 Å². The number of aryl methyl sites for hydroxylation is 1. The van der Waals surface area contributed by atoms with Crippen LogP contribution in [0.1, 0.15) is 17.0 Å². The molecule has 2 aromatic carbocycles. The first kappa shape index (κ1) is 15.5.